The SMILES string of the molecule is Cc1cn2cccc(C(=O)N3[C@@H]4CC[C@H]3CC(=O)NCCOc3ccc(F)cc3C(=O)NC4)c2n1. The summed E-state index contributed by atoms with van der Waals surface area (Å²) in [6.45, 7) is 2.36. The molecule has 5 rings (SSSR count). The van der Waals surface area contributed by atoms with E-state index in [-0.39, 0.29) is 61.3 Å². The minimum atomic E-state index is -0.558. The summed E-state index contributed by atoms with van der Waals surface area (Å²) in [5.74, 6) is -1.24. The zero-order valence-corrected chi connectivity index (χ0v) is 19.3. The molecule has 3 amide bonds. The second kappa shape index (κ2) is 9.36. The first-order chi connectivity index (χ1) is 16.9. The van der Waals surface area contributed by atoms with Crippen LogP contribution in [0, 0.1) is 12.7 Å². The van der Waals surface area contributed by atoms with Gasteiger partial charge in [-0.15, -0.1) is 0 Å². The summed E-state index contributed by atoms with van der Waals surface area (Å²) in [6.07, 6.45) is 5.06. The van der Waals surface area contributed by atoms with E-state index in [2.05, 4.69) is 15.6 Å². The summed E-state index contributed by atoms with van der Waals surface area (Å²) >= 11 is 0. The number of pyridine rings is 1. The second-order valence-electron chi connectivity index (χ2n) is 8.89. The third-order valence-corrected chi connectivity index (χ3v) is 6.48. The Labute approximate surface area is 201 Å². The Morgan fingerprint density at radius 1 is 1.17 bits per heavy atom. The van der Waals surface area contributed by atoms with Gasteiger partial charge in [0.05, 0.1) is 23.4 Å². The van der Waals surface area contributed by atoms with Gasteiger partial charge in [0.1, 0.15) is 23.8 Å². The minimum absolute atomic E-state index is 0.0680. The molecule has 10 heteroatoms. The zero-order chi connectivity index (χ0) is 24.5. The number of hydrogen-bond donors (Lipinski definition) is 2. The number of rotatable bonds is 1. The van der Waals surface area contributed by atoms with Crippen molar-refractivity contribution in [3.8, 4) is 5.75 Å². The molecule has 0 spiro atoms. The number of hydrogen-bond acceptors (Lipinski definition) is 5. The molecule has 3 aromatic rings. The van der Waals surface area contributed by atoms with Crippen molar-refractivity contribution in [2.75, 3.05) is 19.7 Å². The van der Waals surface area contributed by atoms with Crippen LogP contribution in [0.4, 0.5) is 4.39 Å². The standard InChI is InChI=1S/C25H26FN5O4/c1-15-14-30-9-2-3-19(23(30)29-15)25(34)31-17-5-6-18(31)13-28-24(33)20-11-16(26)4-7-21(20)35-10-8-27-22(32)12-17/h2-4,7,9,11,14,17-18H,5-6,8,10,12-13H2,1H3,(H,27,32)(H,28,33)/t17-,18+/m0/s1. The lowest BCUT2D eigenvalue weighted by Crippen LogP contribution is -2.48. The predicted octanol–water partition coefficient (Wildman–Crippen LogP) is 2.08. The molecule has 2 aliphatic heterocycles. The highest BCUT2D eigenvalue weighted by Crippen LogP contribution is 2.30. The van der Waals surface area contributed by atoms with Gasteiger partial charge >= 0.3 is 0 Å². The predicted molar refractivity (Wildman–Crippen MR) is 125 cm³/mol. The van der Waals surface area contributed by atoms with Crippen molar-refractivity contribution < 1.29 is 23.5 Å². The molecular weight excluding hydrogens is 453 g/mol. The molecule has 0 unspecified atom stereocenters. The van der Waals surface area contributed by atoms with Gasteiger partial charge in [0.2, 0.25) is 5.91 Å². The number of carbonyl (C=O) groups excluding carboxylic acids is 3. The molecular formula is C25H26FN5O4. The molecule has 2 bridgehead atoms. The summed E-state index contributed by atoms with van der Waals surface area (Å²) in [4.78, 5) is 45.6. The number of benzene rings is 1. The van der Waals surface area contributed by atoms with Gasteiger partial charge in [-0.25, -0.2) is 9.37 Å². The number of aryl methyl sites for hydroxylation is 1. The molecule has 1 saturated heterocycles. The van der Waals surface area contributed by atoms with E-state index in [1.54, 1.807) is 21.4 Å². The molecule has 4 heterocycles. The molecule has 0 saturated carbocycles. The van der Waals surface area contributed by atoms with Gasteiger partial charge < -0.3 is 24.7 Å². The van der Waals surface area contributed by atoms with Crippen molar-refractivity contribution in [2.45, 2.75) is 38.3 Å². The van der Waals surface area contributed by atoms with Crippen LogP contribution in [0.2, 0.25) is 0 Å². The van der Waals surface area contributed by atoms with Gasteiger partial charge in [0.25, 0.3) is 11.8 Å². The fraction of sp³-hybridized carbons (Fsp3) is 0.360. The van der Waals surface area contributed by atoms with Crippen LogP contribution in [-0.4, -0.2) is 63.8 Å². The molecule has 1 aromatic carbocycles. The lowest BCUT2D eigenvalue weighted by atomic mass is 10.1. The Morgan fingerprint density at radius 2 is 2.00 bits per heavy atom. The van der Waals surface area contributed by atoms with Crippen LogP contribution in [0.3, 0.4) is 0 Å². The van der Waals surface area contributed by atoms with Crippen LogP contribution in [0.1, 0.15) is 45.7 Å². The molecule has 2 aliphatic rings. The molecule has 2 N–H and O–H groups in total. The highest BCUT2D eigenvalue weighted by atomic mass is 19.1. The number of carbonyl (C=O) groups is 3. The number of halogens is 1. The molecule has 2 atom stereocenters. The zero-order valence-electron chi connectivity index (χ0n) is 19.3. The molecule has 0 aliphatic carbocycles. The third-order valence-electron chi connectivity index (χ3n) is 6.48. The molecule has 182 valence electrons. The number of nitrogens with zero attached hydrogens (tertiary/aromatic N) is 3. The van der Waals surface area contributed by atoms with Crippen molar-refractivity contribution in [1.29, 1.82) is 0 Å². The Bertz CT molecular complexity index is 1310. The summed E-state index contributed by atoms with van der Waals surface area (Å²) in [5.41, 5.74) is 1.84. The minimum Gasteiger partial charge on any atom is -0.491 e. The van der Waals surface area contributed by atoms with E-state index in [1.165, 1.54) is 12.1 Å². The maximum Gasteiger partial charge on any atom is 0.258 e. The first-order valence-electron chi connectivity index (χ1n) is 11.6. The largest absolute Gasteiger partial charge is 0.491 e. The van der Waals surface area contributed by atoms with Gasteiger partial charge in [-0.2, -0.15) is 0 Å². The average Bonchev–Trinajstić information content (AvgIpc) is 3.41. The van der Waals surface area contributed by atoms with Crippen molar-refractivity contribution in [3.05, 3.63) is 65.4 Å². The van der Waals surface area contributed by atoms with Crippen LogP contribution in [0.5, 0.6) is 5.75 Å². The Hall–Kier alpha value is -3.95. The van der Waals surface area contributed by atoms with Crippen LogP contribution >= 0.6 is 0 Å². The Kier molecular flexibility index (Phi) is 6.10. The fourth-order valence-electron chi connectivity index (χ4n) is 4.88. The van der Waals surface area contributed by atoms with Gasteiger partial charge in [-0.05, 0) is 50.1 Å². The lowest BCUT2D eigenvalue weighted by molar-refractivity contribution is -0.122. The quantitative estimate of drug-likeness (QED) is 0.556. The summed E-state index contributed by atoms with van der Waals surface area (Å²) < 4.78 is 21.3. The number of imidazole rings is 1. The smallest absolute Gasteiger partial charge is 0.258 e. The average molecular weight is 480 g/mol. The van der Waals surface area contributed by atoms with Gasteiger partial charge in [0, 0.05) is 37.4 Å². The third kappa shape index (κ3) is 4.55. The number of aromatic nitrogens is 2. The topological polar surface area (TPSA) is 105 Å². The molecule has 35 heavy (non-hydrogen) atoms. The van der Waals surface area contributed by atoms with Crippen molar-refractivity contribution in [3.63, 3.8) is 0 Å². The number of fused-ring (bicyclic) bond motifs is 4. The van der Waals surface area contributed by atoms with Crippen LogP contribution < -0.4 is 15.4 Å². The number of nitrogens with one attached hydrogen (secondary N) is 2. The normalized spacial score (nSPS) is 21.0. The van der Waals surface area contributed by atoms with E-state index < -0.39 is 11.7 Å². The first-order valence-corrected chi connectivity index (χ1v) is 11.6. The van der Waals surface area contributed by atoms with E-state index in [9.17, 15) is 18.8 Å². The lowest BCUT2D eigenvalue weighted by Gasteiger charge is -2.31. The maximum absolute atomic E-state index is 13.9. The van der Waals surface area contributed by atoms with Gasteiger partial charge in [-0.1, -0.05) is 0 Å². The van der Waals surface area contributed by atoms with Gasteiger partial charge in [-0.3, -0.25) is 14.4 Å². The van der Waals surface area contributed by atoms with Crippen LogP contribution in [-0.2, 0) is 4.79 Å². The highest BCUT2D eigenvalue weighted by Gasteiger charge is 2.39. The van der Waals surface area contributed by atoms with E-state index in [0.717, 1.165) is 11.8 Å². The van der Waals surface area contributed by atoms with Crippen LogP contribution in [0.25, 0.3) is 5.65 Å². The first kappa shape index (κ1) is 22.8. The van der Waals surface area contributed by atoms with E-state index in [4.69, 9.17) is 4.74 Å². The monoisotopic (exact) mass is 479 g/mol. The fourth-order valence-corrected chi connectivity index (χ4v) is 4.88. The maximum atomic E-state index is 13.9. The summed E-state index contributed by atoms with van der Waals surface area (Å²) in [5, 5.41) is 5.65. The van der Waals surface area contributed by atoms with Crippen LogP contribution in [0.15, 0.2) is 42.7 Å². The molecule has 9 nitrogen and oxygen atoms in total. The Balaban J connectivity index is 1.47. The van der Waals surface area contributed by atoms with Crippen molar-refractivity contribution >= 4 is 23.4 Å². The van der Waals surface area contributed by atoms with Crippen molar-refractivity contribution in [1.82, 2.24) is 24.9 Å². The molecule has 2 aromatic heterocycles. The molecule has 1 fully saturated rings. The van der Waals surface area contributed by atoms with E-state index in [1.807, 2.05) is 19.3 Å². The second-order valence-corrected chi connectivity index (χ2v) is 8.89. The summed E-state index contributed by atoms with van der Waals surface area (Å²) in [7, 11) is 0. The summed E-state index contributed by atoms with van der Waals surface area (Å²) in [6, 6.07) is 6.59. The van der Waals surface area contributed by atoms with E-state index >= 15 is 0 Å². The highest BCUT2D eigenvalue weighted by molar-refractivity contribution is 6.01. The van der Waals surface area contributed by atoms with Crippen molar-refractivity contribution in [2.24, 2.45) is 0 Å². The van der Waals surface area contributed by atoms with Gasteiger partial charge in [0.15, 0.2) is 0 Å². The number of ether oxygens (including phenoxy) is 1. The van der Waals surface area contributed by atoms with E-state index in [0.29, 0.717) is 24.1 Å². The molecule has 0 radical (unpaired) electrons. The number of amides is 3. The Morgan fingerprint density at radius 3 is 2.86 bits per heavy atom.